The standard InChI is InChI=1S/C16H14BrN3O/c1-2-20-14-10-6-5-9-13(14)18-16(20)19-15(21)11-7-3-4-8-12(11)17/h3-10H,2H2,1H3,(H,18,19,21). The van der Waals surface area contributed by atoms with Crippen LogP contribution in [-0.4, -0.2) is 15.5 Å². The summed E-state index contributed by atoms with van der Waals surface area (Å²) in [7, 11) is 0. The number of aromatic nitrogens is 2. The van der Waals surface area contributed by atoms with Crippen molar-refractivity contribution in [1.29, 1.82) is 0 Å². The molecule has 1 amide bonds. The average molecular weight is 344 g/mol. The van der Waals surface area contributed by atoms with Crippen LogP contribution < -0.4 is 5.32 Å². The first kappa shape index (κ1) is 13.8. The first-order valence-electron chi connectivity index (χ1n) is 6.72. The highest BCUT2D eigenvalue weighted by atomic mass is 79.9. The molecule has 1 aromatic heterocycles. The molecule has 5 heteroatoms. The monoisotopic (exact) mass is 343 g/mol. The second kappa shape index (κ2) is 5.69. The summed E-state index contributed by atoms with van der Waals surface area (Å²) in [6.07, 6.45) is 0. The number of aryl methyl sites for hydroxylation is 1. The second-order valence-corrected chi connectivity index (χ2v) is 5.46. The smallest absolute Gasteiger partial charge is 0.259 e. The molecular formula is C16H14BrN3O. The molecule has 0 spiro atoms. The highest BCUT2D eigenvalue weighted by Crippen LogP contribution is 2.21. The number of nitrogens with zero attached hydrogens (tertiary/aromatic N) is 2. The van der Waals surface area contributed by atoms with Crippen molar-refractivity contribution in [3.8, 4) is 0 Å². The topological polar surface area (TPSA) is 46.9 Å². The van der Waals surface area contributed by atoms with Crippen molar-refractivity contribution in [2.24, 2.45) is 0 Å². The van der Waals surface area contributed by atoms with Gasteiger partial charge in [0.05, 0.1) is 16.6 Å². The third-order valence-electron chi connectivity index (χ3n) is 3.31. The third-order valence-corrected chi connectivity index (χ3v) is 4.01. The Kier molecular flexibility index (Phi) is 3.75. The van der Waals surface area contributed by atoms with Crippen molar-refractivity contribution in [3.63, 3.8) is 0 Å². The van der Waals surface area contributed by atoms with Crippen molar-refractivity contribution < 1.29 is 4.79 Å². The molecule has 0 radical (unpaired) electrons. The minimum Gasteiger partial charge on any atom is -0.310 e. The van der Waals surface area contributed by atoms with Gasteiger partial charge in [-0.2, -0.15) is 0 Å². The van der Waals surface area contributed by atoms with E-state index in [2.05, 4.69) is 26.2 Å². The summed E-state index contributed by atoms with van der Waals surface area (Å²) < 4.78 is 2.76. The summed E-state index contributed by atoms with van der Waals surface area (Å²) in [5.74, 6) is 0.395. The fourth-order valence-electron chi connectivity index (χ4n) is 2.31. The van der Waals surface area contributed by atoms with Gasteiger partial charge in [-0.15, -0.1) is 0 Å². The molecule has 0 saturated heterocycles. The molecule has 4 nitrogen and oxygen atoms in total. The van der Waals surface area contributed by atoms with Gasteiger partial charge in [0.1, 0.15) is 0 Å². The molecule has 1 N–H and O–H groups in total. The zero-order chi connectivity index (χ0) is 14.8. The van der Waals surface area contributed by atoms with Crippen LogP contribution in [0.15, 0.2) is 53.0 Å². The van der Waals surface area contributed by atoms with Crippen molar-refractivity contribution in [1.82, 2.24) is 9.55 Å². The number of hydrogen-bond acceptors (Lipinski definition) is 2. The maximum absolute atomic E-state index is 12.4. The van der Waals surface area contributed by atoms with E-state index in [1.54, 1.807) is 6.07 Å². The Hall–Kier alpha value is -2.14. The van der Waals surface area contributed by atoms with Crippen LogP contribution in [0.3, 0.4) is 0 Å². The van der Waals surface area contributed by atoms with Crippen molar-refractivity contribution in [2.45, 2.75) is 13.5 Å². The molecule has 0 fully saturated rings. The molecule has 0 aliphatic heterocycles. The van der Waals surface area contributed by atoms with Gasteiger partial charge < -0.3 is 4.57 Å². The molecule has 0 bridgehead atoms. The highest BCUT2D eigenvalue weighted by Gasteiger charge is 2.14. The quantitative estimate of drug-likeness (QED) is 0.779. The summed E-state index contributed by atoms with van der Waals surface area (Å²) in [6.45, 7) is 2.77. The molecule has 1 heterocycles. The van der Waals surface area contributed by atoms with Crippen LogP contribution in [0, 0.1) is 0 Å². The van der Waals surface area contributed by atoms with E-state index < -0.39 is 0 Å². The Morgan fingerprint density at radius 3 is 2.67 bits per heavy atom. The molecule has 3 rings (SSSR count). The Morgan fingerprint density at radius 2 is 1.90 bits per heavy atom. The summed E-state index contributed by atoms with van der Waals surface area (Å²) in [6, 6.07) is 15.2. The zero-order valence-corrected chi connectivity index (χ0v) is 13.1. The lowest BCUT2D eigenvalue weighted by Crippen LogP contribution is -2.16. The van der Waals surface area contributed by atoms with Gasteiger partial charge in [-0.05, 0) is 47.1 Å². The molecule has 2 aromatic carbocycles. The molecule has 0 saturated carbocycles. The summed E-state index contributed by atoms with van der Waals surface area (Å²) in [5, 5.41) is 2.89. The molecule has 21 heavy (non-hydrogen) atoms. The predicted molar refractivity (Wildman–Crippen MR) is 87.5 cm³/mol. The Labute approximate surface area is 130 Å². The predicted octanol–water partition coefficient (Wildman–Crippen LogP) is 4.07. The number of amides is 1. The Bertz CT molecular complexity index is 810. The van der Waals surface area contributed by atoms with E-state index in [1.807, 2.05) is 54.0 Å². The van der Waals surface area contributed by atoms with Crippen LogP contribution in [-0.2, 0) is 6.54 Å². The van der Waals surface area contributed by atoms with Gasteiger partial charge in [0.15, 0.2) is 0 Å². The maximum Gasteiger partial charge on any atom is 0.259 e. The van der Waals surface area contributed by atoms with E-state index in [1.165, 1.54) is 0 Å². The van der Waals surface area contributed by atoms with Crippen LogP contribution in [0.5, 0.6) is 0 Å². The van der Waals surface area contributed by atoms with E-state index in [0.29, 0.717) is 11.5 Å². The number of fused-ring (bicyclic) bond motifs is 1. The number of anilines is 1. The van der Waals surface area contributed by atoms with E-state index in [-0.39, 0.29) is 5.91 Å². The lowest BCUT2D eigenvalue weighted by atomic mass is 10.2. The second-order valence-electron chi connectivity index (χ2n) is 4.60. The van der Waals surface area contributed by atoms with E-state index in [9.17, 15) is 4.79 Å². The Morgan fingerprint density at radius 1 is 1.19 bits per heavy atom. The van der Waals surface area contributed by atoms with Gasteiger partial charge >= 0.3 is 0 Å². The maximum atomic E-state index is 12.4. The average Bonchev–Trinajstić information content (AvgIpc) is 2.84. The first-order valence-corrected chi connectivity index (χ1v) is 7.51. The van der Waals surface area contributed by atoms with Crippen LogP contribution in [0.1, 0.15) is 17.3 Å². The summed E-state index contributed by atoms with van der Waals surface area (Å²) >= 11 is 3.39. The largest absolute Gasteiger partial charge is 0.310 e. The molecule has 106 valence electrons. The van der Waals surface area contributed by atoms with Gasteiger partial charge in [-0.3, -0.25) is 10.1 Å². The SMILES string of the molecule is CCn1c(NC(=O)c2ccccc2Br)nc2ccccc21. The van der Waals surface area contributed by atoms with Crippen LogP contribution in [0.4, 0.5) is 5.95 Å². The third kappa shape index (κ3) is 2.56. The van der Waals surface area contributed by atoms with Crippen LogP contribution >= 0.6 is 15.9 Å². The lowest BCUT2D eigenvalue weighted by molar-refractivity contribution is 0.102. The number of imidazole rings is 1. The summed E-state index contributed by atoms with van der Waals surface area (Å²) in [5.41, 5.74) is 2.48. The van der Waals surface area contributed by atoms with Gasteiger partial charge in [0, 0.05) is 11.0 Å². The van der Waals surface area contributed by atoms with E-state index >= 15 is 0 Å². The van der Waals surface area contributed by atoms with E-state index in [0.717, 1.165) is 22.1 Å². The Balaban J connectivity index is 1.98. The number of hydrogen-bond donors (Lipinski definition) is 1. The number of carbonyl (C=O) groups is 1. The number of carbonyl (C=O) groups excluding carboxylic acids is 1. The molecule has 0 aliphatic carbocycles. The normalized spacial score (nSPS) is 10.8. The number of benzene rings is 2. The fraction of sp³-hybridized carbons (Fsp3) is 0.125. The summed E-state index contributed by atoms with van der Waals surface area (Å²) in [4.78, 5) is 16.9. The van der Waals surface area contributed by atoms with Crippen molar-refractivity contribution >= 4 is 38.8 Å². The highest BCUT2D eigenvalue weighted by molar-refractivity contribution is 9.10. The number of rotatable bonds is 3. The van der Waals surface area contributed by atoms with Crippen molar-refractivity contribution in [3.05, 3.63) is 58.6 Å². The van der Waals surface area contributed by atoms with E-state index in [4.69, 9.17) is 0 Å². The lowest BCUT2D eigenvalue weighted by Gasteiger charge is -2.08. The number of para-hydroxylation sites is 2. The molecule has 0 unspecified atom stereocenters. The molecule has 0 aliphatic rings. The molecule has 0 atom stereocenters. The van der Waals surface area contributed by atoms with Gasteiger partial charge in [-0.1, -0.05) is 24.3 Å². The first-order chi connectivity index (χ1) is 10.2. The fourth-order valence-corrected chi connectivity index (χ4v) is 2.77. The van der Waals surface area contributed by atoms with Crippen LogP contribution in [0.25, 0.3) is 11.0 Å². The molecular weight excluding hydrogens is 330 g/mol. The zero-order valence-electron chi connectivity index (χ0n) is 11.5. The van der Waals surface area contributed by atoms with Crippen LogP contribution in [0.2, 0.25) is 0 Å². The number of nitrogens with one attached hydrogen (secondary N) is 1. The minimum absolute atomic E-state index is 0.174. The molecule has 3 aromatic rings. The van der Waals surface area contributed by atoms with Gasteiger partial charge in [0.2, 0.25) is 5.95 Å². The van der Waals surface area contributed by atoms with Gasteiger partial charge in [0.25, 0.3) is 5.91 Å². The minimum atomic E-state index is -0.174. The number of halogens is 1. The van der Waals surface area contributed by atoms with Gasteiger partial charge in [-0.25, -0.2) is 4.98 Å². The van der Waals surface area contributed by atoms with Crippen molar-refractivity contribution in [2.75, 3.05) is 5.32 Å².